The summed E-state index contributed by atoms with van der Waals surface area (Å²) in [5.41, 5.74) is -0.107. The Balaban J connectivity index is 1.43. The van der Waals surface area contributed by atoms with E-state index in [2.05, 4.69) is 30.3 Å². The van der Waals surface area contributed by atoms with Gasteiger partial charge in [-0.25, -0.2) is 9.37 Å². The summed E-state index contributed by atoms with van der Waals surface area (Å²) in [5.74, 6) is 0.266. The van der Waals surface area contributed by atoms with Gasteiger partial charge in [0.2, 0.25) is 0 Å². The van der Waals surface area contributed by atoms with Crippen LogP contribution in [-0.4, -0.2) is 65.5 Å². The molecule has 4 heterocycles. The summed E-state index contributed by atoms with van der Waals surface area (Å²) in [6.45, 7) is 8.06. The first kappa shape index (κ1) is 23.7. The number of morpholine rings is 1. The van der Waals surface area contributed by atoms with Crippen molar-refractivity contribution in [1.29, 1.82) is 0 Å². The number of halogens is 4. The van der Waals surface area contributed by atoms with E-state index in [0.717, 1.165) is 55.4 Å². The van der Waals surface area contributed by atoms with E-state index < -0.39 is 17.6 Å². The minimum absolute atomic E-state index is 0.0225. The fraction of sp³-hybridized carbons (Fsp3) is 0.458. The topological polar surface area (TPSA) is 66.4 Å². The molecule has 1 unspecified atom stereocenters. The Hall–Kier alpha value is -3.05. The van der Waals surface area contributed by atoms with Crippen molar-refractivity contribution in [1.82, 2.24) is 20.1 Å². The van der Waals surface area contributed by atoms with Gasteiger partial charge in [0.05, 0.1) is 30.5 Å². The summed E-state index contributed by atoms with van der Waals surface area (Å²) >= 11 is 0. The molecule has 0 aliphatic carbocycles. The molecule has 1 N–H and O–H groups in total. The molecule has 2 aliphatic rings. The first-order valence-electron chi connectivity index (χ1n) is 11.5. The van der Waals surface area contributed by atoms with Crippen LogP contribution in [0.15, 0.2) is 24.4 Å². The van der Waals surface area contributed by atoms with Crippen molar-refractivity contribution in [2.75, 3.05) is 49.6 Å². The second-order valence-electron chi connectivity index (χ2n) is 9.02. The summed E-state index contributed by atoms with van der Waals surface area (Å²) in [4.78, 5) is 9.29. The van der Waals surface area contributed by atoms with Gasteiger partial charge in [-0.05, 0) is 43.2 Å². The number of aryl methyl sites for hydroxylation is 1. The molecular formula is C24H26F4N6O. The average molecular weight is 491 g/mol. The lowest BCUT2D eigenvalue weighted by atomic mass is 10.0. The van der Waals surface area contributed by atoms with Gasteiger partial charge in [-0.15, -0.1) is 5.10 Å². The van der Waals surface area contributed by atoms with E-state index in [1.807, 2.05) is 13.0 Å². The number of piperazine rings is 1. The summed E-state index contributed by atoms with van der Waals surface area (Å²) in [6, 6.07) is 3.87. The zero-order chi connectivity index (χ0) is 24.7. The van der Waals surface area contributed by atoms with Crippen LogP contribution in [0.4, 0.5) is 29.2 Å². The SMILES string of the molecule is Cc1c(CNc2nnc(C)c3cnc(N4CCN5CCOCC5C4)cc23)cc(F)cc1C(F)(F)F. The number of hydrogen-bond acceptors (Lipinski definition) is 7. The molecule has 1 atom stereocenters. The predicted octanol–water partition coefficient (Wildman–Crippen LogP) is 3.93. The molecule has 0 bridgehead atoms. The van der Waals surface area contributed by atoms with Crippen molar-refractivity contribution >= 4 is 22.4 Å². The number of aromatic nitrogens is 3. The lowest BCUT2D eigenvalue weighted by molar-refractivity contribution is -0.138. The molecule has 7 nitrogen and oxygen atoms in total. The Labute approximate surface area is 200 Å². The van der Waals surface area contributed by atoms with Gasteiger partial charge in [-0.3, -0.25) is 4.90 Å². The van der Waals surface area contributed by atoms with Gasteiger partial charge in [0.1, 0.15) is 11.6 Å². The largest absolute Gasteiger partial charge is 0.416 e. The van der Waals surface area contributed by atoms with Crippen LogP contribution in [0.1, 0.15) is 22.4 Å². The second-order valence-corrected chi connectivity index (χ2v) is 9.02. The molecular weight excluding hydrogens is 464 g/mol. The summed E-state index contributed by atoms with van der Waals surface area (Å²) in [5, 5.41) is 13.0. The second kappa shape index (κ2) is 9.19. The van der Waals surface area contributed by atoms with Crippen LogP contribution in [0.5, 0.6) is 0 Å². The number of ether oxygens (including phenoxy) is 1. The predicted molar refractivity (Wildman–Crippen MR) is 124 cm³/mol. The van der Waals surface area contributed by atoms with Crippen LogP contribution in [0.2, 0.25) is 0 Å². The first-order valence-corrected chi connectivity index (χ1v) is 11.5. The van der Waals surface area contributed by atoms with Crippen LogP contribution in [0, 0.1) is 19.7 Å². The zero-order valence-electron chi connectivity index (χ0n) is 19.5. The summed E-state index contributed by atoms with van der Waals surface area (Å²) < 4.78 is 59.6. The molecule has 3 aromatic rings. The Morgan fingerprint density at radius 3 is 2.71 bits per heavy atom. The highest BCUT2D eigenvalue weighted by Crippen LogP contribution is 2.34. The van der Waals surface area contributed by atoms with E-state index in [4.69, 9.17) is 4.74 Å². The highest BCUT2D eigenvalue weighted by molar-refractivity contribution is 5.94. The fourth-order valence-corrected chi connectivity index (χ4v) is 4.81. The standard InChI is InChI=1S/C24H26F4N6O/c1-14-16(7-17(25)8-21(14)24(26,27)28)10-30-23-19-9-22(29-11-20(19)15(2)31-32-23)34-4-3-33-5-6-35-13-18(33)12-34/h7-9,11,18H,3-6,10,12-13H2,1-2H3,(H,30,32). The molecule has 0 radical (unpaired) electrons. The van der Waals surface area contributed by atoms with Crippen LogP contribution in [0.25, 0.3) is 10.8 Å². The van der Waals surface area contributed by atoms with Crippen molar-refractivity contribution in [3.05, 3.63) is 52.6 Å². The molecule has 0 amide bonds. The maximum atomic E-state index is 14.0. The molecule has 1 aromatic carbocycles. The van der Waals surface area contributed by atoms with E-state index in [9.17, 15) is 17.6 Å². The number of rotatable bonds is 4. The lowest BCUT2D eigenvalue weighted by Gasteiger charge is -2.44. The van der Waals surface area contributed by atoms with E-state index in [1.54, 1.807) is 6.20 Å². The van der Waals surface area contributed by atoms with Gasteiger partial charge < -0.3 is 15.0 Å². The number of benzene rings is 1. The van der Waals surface area contributed by atoms with Gasteiger partial charge >= 0.3 is 6.18 Å². The van der Waals surface area contributed by atoms with Gasteiger partial charge in [-0.1, -0.05) is 0 Å². The lowest BCUT2D eigenvalue weighted by Crippen LogP contribution is -2.58. The first-order chi connectivity index (χ1) is 16.7. The number of nitrogens with zero attached hydrogens (tertiary/aromatic N) is 5. The Morgan fingerprint density at radius 2 is 1.91 bits per heavy atom. The normalized spacial score (nSPS) is 19.1. The van der Waals surface area contributed by atoms with E-state index in [1.165, 1.54) is 6.92 Å². The molecule has 2 aliphatic heterocycles. The van der Waals surface area contributed by atoms with Crippen molar-refractivity contribution in [2.45, 2.75) is 32.6 Å². The Kier molecular flexibility index (Phi) is 6.22. The van der Waals surface area contributed by atoms with Gasteiger partial charge in [0.15, 0.2) is 5.82 Å². The molecule has 2 saturated heterocycles. The minimum atomic E-state index is -4.63. The molecule has 5 rings (SSSR count). The van der Waals surface area contributed by atoms with Crippen molar-refractivity contribution in [3.8, 4) is 0 Å². The van der Waals surface area contributed by atoms with E-state index in [-0.39, 0.29) is 17.7 Å². The number of hydrogen-bond donors (Lipinski definition) is 1. The third-order valence-electron chi connectivity index (χ3n) is 6.83. The monoisotopic (exact) mass is 490 g/mol. The van der Waals surface area contributed by atoms with Gasteiger partial charge in [-0.2, -0.15) is 18.3 Å². The van der Waals surface area contributed by atoms with Crippen LogP contribution in [-0.2, 0) is 17.5 Å². The van der Waals surface area contributed by atoms with E-state index in [0.29, 0.717) is 30.2 Å². The number of pyridine rings is 1. The molecule has 0 saturated carbocycles. The highest BCUT2D eigenvalue weighted by Gasteiger charge is 2.34. The van der Waals surface area contributed by atoms with Crippen molar-refractivity contribution < 1.29 is 22.3 Å². The Morgan fingerprint density at radius 1 is 1.09 bits per heavy atom. The molecule has 11 heteroatoms. The fourth-order valence-electron chi connectivity index (χ4n) is 4.81. The van der Waals surface area contributed by atoms with Crippen LogP contribution in [0.3, 0.4) is 0 Å². The number of alkyl halides is 3. The maximum absolute atomic E-state index is 14.0. The van der Waals surface area contributed by atoms with Gasteiger partial charge in [0, 0.05) is 49.7 Å². The summed E-state index contributed by atoms with van der Waals surface area (Å²) in [7, 11) is 0. The quantitative estimate of drug-likeness (QED) is 0.556. The third kappa shape index (κ3) is 4.74. The minimum Gasteiger partial charge on any atom is -0.378 e. The maximum Gasteiger partial charge on any atom is 0.416 e. The molecule has 0 spiro atoms. The average Bonchev–Trinajstić information content (AvgIpc) is 2.84. The number of fused-ring (bicyclic) bond motifs is 2. The van der Waals surface area contributed by atoms with Crippen molar-refractivity contribution in [3.63, 3.8) is 0 Å². The van der Waals surface area contributed by atoms with Gasteiger partial charge in [0.25, 0.3) is 0 Å². The molecule has 2 aromatic heterocycles. The van der Waals surface area contributed by atoms with Crippen molar-refractivity contribution in [2.24, 2.45) is 0 Å². The highest BCUT2D eigenvalue weighted by atomic mass is 19.4. The molecule has 186 valence electrons. The smallest absolute Gasteiger partial charge is 0.378 e. The number of anilines is 2. The Bertz CT molecular complexity index is 1250. The molecule has 35 heavy (non-hydrogen) atoms. The number of nitrogens with one attached hydrogen (secondary N) is 1. The van der Waals surface area contributed by atoms with E-state index >= 15 is 0 Å². The van der Waals surface area contributed by atoms with Crippen LogP contribution < -0.4 is 10.2 Å². The summed E-state index contributed by atoms with van der Waals surface area (Å²) in [6.07, 6.45) is -2.88. The zero-order valence-corrected chi connectivity index (χ0v) is 19.5. The third-order valence-corrected chi connectivity index (χ3v) is 6.83. The molecule has 2 fully saturated rings. The van der Waals surface area contributed by atoms with Crippen LogP contribution >= 0.6 is 0 Å².